The first-order valence-electron chi connectivity index (χ1n) is 4.43. The van der Waals surface area contributed by atoms with E-state index in [-0.39, 0.29) is 12.5 Å². The fourth-order valence-corrected chi connectivity index (χ4v) is 1.26. The molecule has 0 aliphatic carbocycles. The molecule has 1 atom stereocenters. The van der Waals surface area contributed by atoms with Gasteiger partial charge in [0.1, 0.15) is 0 Å². The van der Waals surface area contributed by atoms with Crippen molar-refractivity contribution in [3.8, 4) is 0 Å². The van der Waals surface area contributed by atoms with Gasteiger partial charge in [0.25, 0.3) is 0 Å². The molecule has 0 aromatic heterocycles. The third-order valence-electron chi connectivity index (χ3n) is 1.89. The number of anilines is 1. The van der Waals surface area contributed by atoms with Gasteiger partial charge in [-0.15, -0.1) is 0 Å². The van der Waals surface area contributed by atoms with Crippen molar-refractivity contribution >= 4 is 28.9 Å². The first-order chi connectivity index (χ1) is 6.63. The zero-order chi connectivity index (χ0) is 10.6. The average molecular weight is 234 g/mol. The quantitative estimate of drug-likeness (QED) is 0.839. The molecule has 78 valence electrons. The lowest BCUT2D eigenvalue weighted by Gasteiger charge is -2.11. The smallest absolute Gasteiger partial charge is 0.0612 e. The van der Waals surface area contributed by atoms with Gasteiger partial charge >= 0.3 is 0 Å². The number of hydrogen-bond donors (Lipinski definition) is 2. The summed E-state index contributed by atoms with van der Waals surface area (Å²) in [6, 6.07) is 5.38. The molecule has 0 saturated carbocycles. The second kappa shape index (κ2) is 5.44. The Balaban J connectivity index is 2.55. The minimum Gasteiger partial charge on any atom is -0.396 e. The van der Waals surface area contributed by atoms with Crippen molar-refractivity contribution in [3.63, 3.8) is 0 Å². The lowest BCUT2D eigenvalue weighted by Crippen LogP contribution is -2.14. The van der Waals surface area contributed by atoms with Crippen LogP contribution >= 0.6 is 23.2 Å². The van der Waals surface area contributed by atoms with Gasteiger partial charge in [0.2, 0.25) is 0 Å². The molecule has 0 radical (unpaired) electrons. The van der Waals surface area contributed by atoms with E-state index < -0.39 is 0 Å². The number of rotatable bonds is 4. The van der Waals surface area contributed by atoms with E-state index >= 15 is 0 Å². The Kier molecular flexibility index (Phi) is 4.52. The Bertz CT molecular complexity index is 304. The van der Waals surface area contributed by atoms with Crippen molar-refractivity contribution in [1.29, 1.82) is 0 Å². The highest BCUT2D eigenvalue weighted by atomic mass is 35.5. The van der Waals surface area contributed by atoms with E-state index in [2.05, 4.69) is 5.32 Å². The van der Waals surface area contributed by atoms with Crippen LogP contribution in [0.5, 0.6) is 0 Å². The Morgan fingerprint density at radius 3 is 2.64 bits per heavy atom. The molecule has 0 bridgehead atoms. The van der Waals surface area contributed by atoms with Crippen molar-refractivity contribution in [3.05, 3.63) is 28.2 Å². The first kappa shape index (κ1) is 11.6. The van der Waals surface area contributed by atoms with Crippen LogP contribution in [0.25, 0.3) is 0 Å². The van der Waals surface area contributed by atoms with Gasteiger partial charge in [-0.05, 0) is 24.1 Å². The summed E-state index contributed by atoms with van der Waals surface area (Å²) in [7, 11) is 0. The minimum absolute atomic E-state index is 0.175. The van der Waals surface area contributed by atoms with Gasteiger partial charge < -0.3 is 10.4 Å². The van der Waals surface area contributed by atoms with Crippen LogP contribution in [-0.2, 0) is 0 Å². The number of nitrogens with one attached hydrogen (secondary N) is 1. The lowest BCUT2D eigenvalue weighted by molar-refractivity contribution is 0.244. The molecule has 0 heterocycles. The molecule has 1 unspecified atom stereocenters. The van der Waals surface area contributed by atoms with Gasteiger partial charge in [-0.25, -0.2) is 0 Å². The molecule has 1 aromatic rings. The van der Waals surface area contributed by atoms with Crippen LogP contribution in [-0.4, -0.2) is 18.3 Å². The SMILES string of the molecule is CC(CO)CNc1ccc(Cl)c(Cl)c1. The van der Waals surface area contributed by atoms with Crippen molar-refractivity contribution < 1.29 is 5.11 Å². The second-order valence-electron chi connectivity index (χ2n) is 3.30. The summed E-state index contributed by atoms with van der Waals surface area (Å²) in [6.07, 6.45) is 0. The van der Waals surface area contributed by atoms with Gasteiger partial charge in [0, 0.05) is 18.8 Å². The third-order valence-corrected chi connectivity index (χ3v) is 2.62. The molecule has 4 heteroatoms. The monoisotopic (exact) mass is 233 g/mol. The maximum atomic E-state index is 8.82. The highest BCUT2D eigenvalue weighted by molar-refractivity contribution is 6.42. The highest BCUT2D eigenvalue weighted by Gasteiger charge is 2.01. The van der Waals surface area contributed by atoms with Crippen LogP contribution in [0.15, 0.2) is 18.2 Å². The maximum Gasteiger partial charge on any atom is 0.0612 e. The normalized spacial score (nSPS) is 12.6. The van der Waals surface area contributed by atoms with Crippen molar-refractivity contribution in [2.24, 2.45) is 5.92 Å². The van der Waals surface area contributed by atoms with E-state index in [1.165, 1.54) is 0 Å². The van der Waals surface area contributed by atoms with Gasteiger partial charge in [-0.3, -0.25) is 0 Å². The topological polar surface area (TPSA) is 32.3 Å². The maximum absolute atomic E-state index is 8.82. The Morgan fingerprint density at radius 2 is 2.07 bits per heavy atom. The number of aliphatic hydroxyl groups excluding tert-OH is 1. The summed E-state index contributed by atoms with van der Waals surface area (Å²) >= 11 is 11.6. The molecule has 2 N–H and O–H groups in total. The molecule has 0 fully saturated rings. The molecule has 0 aliphatic rings. The van der Waals surface area contributed by atoms with E-state index in [0.717, 1.165) is 5.69 Å². The zero-order valence-corrected chi connectivity index (χ0v) is 9.44. The summed E-state index contributed by atoms with van der Waals surface area (Å²) < 4.78 is 0. The van der Waals surface area contributed by atoms with Crippen LogP contribution < -0.4 is 5.32 Å². The number of aliphatic hydroxyl groups is 1. The molecule has 14 heavy (non-hydrogen) atoms. The highest BCUT2D eigenvalue weighted by Crippen LogP contribution is 2.24. The van der Waals surface area contributed by atoms with E-state index in [4.69, 9.17) is 28.3 Å². The Morgan fingerprint density at radius 1 is 1.36 bits per heavy atom. The lowest BCUT2D eigenvalue weighted by atomic mass is 10.2. The largest absolute Gasteiger partial charge is 0.396 e. The van der Waals surface area contributed by atoms with Crippen molar-refractivity contribution in [1.82, 2.24) is 0 Å². The standard InChI is InChI=1S/C10H13Cl2NO/c1-7(6-14)5-13-8-2-3-9(11)10(12)4-8/h2-4,7,13-14H,5-6H2,1H3. The van der Waals surface area contributed by atoms with E-state index in [9.17, 15) is 0 Å². The molecule has 1 rings (SSSR count). The summed E-state index contributed by atoms with van der Waals surface area (Å²) in [5, 5.41) is 13.1. The molecular formula is C10H13Cl2NO. The first-order valence-corrected chi connectivity index (χ1v) is 5.19. The fraction of sp³-hybridized carbons (Fsp3) is 0.400. The molecule has 0 saturated heterocycles. The third kappa shape index (κ3) is 3.37. The van der Waals surface area contributed by atoms with E-state index in [1.807, 2.05) is 13.0 Å². The predicted octanol–water partition coefficient (Wildman–Crippen LogP) is 3.03. The summed E-state index contributed by atoms with van der Waals surface area (Å²) in [4.78, 5) is 0. The summed E-state index contributed by atoms with van der Waals surface area (Å²) in [6.45, 7) is 2.85. The van der Waals surface area contributed by atoms with Crippen LogP contribution in [0.3, 0.4) is 0 Å². The van der Waals surface area contributed by atoms with Crippen LogP contribution in [0.4, 0.5) is 5.69 Å². The Hall–Kier alpha value is -0.440. The van der Waals surface area contributed by atoms with Gasteiger partial charge in [0.05, 0.1) is 10.0 Å². The van der Waals surface area contributed by atoms with Crippen molar-refractivity contribution in [2.45, 2.75) is 6.92 Å². The van der Waals surface area contributed by atoms with Crippen molar-refractivity contribution in [2.75, 3.05) is 18.5 Å². The Labute approximate surface area is 93.8 Å². The number of hydrogen-bond acceptors (Lipinski definition) is 2. The fourth-order valence-electron chi connectivity index (χ4n) is 0.963. The van der Waals surface area contributed by atoms with Gasteiger partial charge in [-0.2, -0.15) is 0 Å². The molecule has 1 aromatic carbocycles. The van der Waals surface area contributed by atoms with E-state index in [0.29, 0.717) is 16.6 Å². The molecular weight excluding hydrogens is 221 g/mol. The van der Waals surface area contributed by atoms with Gasteiger partial charge in [0.15, 0.2) is 0 Å². The van der Waals surface area contributed by atoms with Crippen LogP contribution in [0.1, 0.15) is 6.92 Å². The van der Waals surface area contributed by atoms with Gasteiger partial charge in [-0.1, -0.05) is 30.1 Å². The average Bonchev–Trinajstić information content (AvgIpc) is 2.19. The summed E-state index contributed by atoms with van der Waals surface area (Å²) in [5.74, 6) is 0.226. The molecule has 0 aliphatic heterocycles. The zero-order valence-electron chi connectivity index (χ0n) is 7.93. The van der Waals surface area contributed by atoms with Crippen LogP contribution in [0, 0.1) is 5.92 Å². The predicted molar refractivity (Wildman–Crippen MR) is 61.2 cm³/mol. The number of halogens is 2. The van der Waals surface area contributed by atoms with Crippen LogP contribution in [0.2, 0.25) is 10.0 Å². The molecule has 0 spiro atoms. The van der Waals surface area contributed by atoms with E-state index in [1.54, 1.807) is 12.1 Å². The minimum atomic E-state index is 0.175. The number of benzene rings is 1. The molecule has 0 amide bonds. The molecule has 2 nitrogen and oxygen atoms in total. The second-order valence-corrected chi connectivity index (χ2v) is 4.11. The summed E-state index contributed by atoms with van der Waals surface area (Å²) in [5.41, 5.74) is 0.916.